The molecule has 38 heavy (non-hydrogen) atoms. The second-order valence-electron chi connectivity index (χ2n) is 10.2. The second-order valence-corrected chi connectivity index (χ2v) is 10.2. The molecule has 0 radical (unpaired) electrons. The number of furan rings is 1. The maximum Gasteiger partial charge on any atom is 0.136 e. The maximum atomic E-state index is 6.36. The van der Waals surface area contributed by atoms with Gasteiger partial charge in [0.05, 0.1) is 0 Å². The minimum absolute atomic E-state index is 0.917. The van der Waals surface area contributed by atoms with Crippen molar-refractivity contribution in [3.8, 4) is 22.3 Å². The Kier molecular flexibility index (Phi) is 4.50. The zero-order valence-corrected chi connectivity index (χ0v) is 21.0. The Balaban J connectivity index is 1.46. The van der Waals surface area contributed by atoms with Crippen molar-refractivity contribution in [3.63, 3.8) is 0 Å². The SMILES string of the molecule is Cc1ccccc1-c1cccc2oc3ccc(-c4cc5c6ccccc6ccc5c5ccccc45)cc3c12. The number of aryl methyl sites for hydroxylation is 1. The average Bonchev–Trinajstić information content (AvgIpc) is 3.35. The molecule has 8 rings (SSSR count). The van der Waals surface area contributed by atoms with Gasteiger partial charge in [0.2, 0.25) is 0 Å². The zero-order valence-electron chi connectivity index (χ0n) is 21.0. The van der Waals surface area contributed by atoms with Crippen LogP contribution in [0.4, 0.5) is 0 Å². The second kappa shape index (κ2) is 8.06. The molecule has 7 aromatic carbocycles. The number of hydrogen-bond donors (Lipinski definition) is 0. The molecule has 1 nitrogen and oxygen atoms in total. The minimum Gasteiger partial charge on any atom is -0.456 e. The summed E-state index contributed by atoms with van der Waals surface area (Å²) in [6, 6.07) is 46.0. The van der Waals surface area contributed by atoms with E-state index in [1.54, 1.807) is 0 Å². The van der Waals surface area contributed by atoms with E-state index < -0.39 is 0 Å². The third-order valence-corrected chi connectivity index (χ3v) is 8.01. The average molecular weight is 485 g/mol. The van der Waals surface area contributed by atoms with Gasteiger partial charge in [-0.15, -0.1) is 0 Å². The van der Waals surface area contributed by atoms with Crippen LogP contribution in [0.2, 0.25) is 0 Å². The summed E-state index contributed by atoms with van der Waals surface area (Å²) in [5.41, 5.74) is 8.00. The van der Waals surface area contributed by atoms with Gasteiger partial charge in [-0.2, -0.15) is 0 Å². The molecule has 1 aromatic heterocycles. The Bertz CT molecular complexity index is 2200. The molecule has 0 bridgehead atoms. The highest BCUT2D eigenvalue weighted by Gasteiger charge is 2.16. The van der Waals surface area contributed by atoms with Gasteiger partial charge in [0.25, 0.3) is 0 Å². The molecule has 0 aliphatic rings. The van der Waals surface area contributed by atoms with Crippen LogP contribution in [-0.4, -0.2) is 0 Å². The summed E-state index contributed by atoms with van der Waals surface area (Å²) in [6.07, 6.45) is 0. The summed E-state index contributed by atoms with van der Waals surface area (Å²) in [7, 11) is 0. The molecule has 0 atom stereocenters. The van der Waals surface area contributed by atoms with Gasteiger partial charge in [-0.25, -0.2) is 0 Å². The normalized spacial score (nSPS) is 11.8. The monoisotopic (exact) mass is 484 g/mol. The van der Waals surface area contributed by atoms with E-state index in [0.29, 0.717) is 0 Å². The number of fused-ring (bicyclic) bond motifs is 8. The largest absolute Gasteiger partial charge is 0.456 e. The van der Waals surface area contributed by atoms with Crippen LogP contribution in [0.15, 0.2) is 132 Å². The molecular formula is C37H24O. The van der Waals surface area contributed by atoms with Gasteiger partial charge in [-0.3, -0.25) is 0 Å². The smallest absolute Gasteiger partial charge is 0.136 e. The van der Waals surface area contributed by atoms with Crippen LogP contribution in [0.1, 0.15) is 5.56 Å². The van der Waals surface area contributed by atoms with Crippen molar-refractivity contribution in [1.82, 2.24) is 0 Å². The molecular weight excluding hydrogens is 460 g/mol. The Morgan fingerprint density at radius 3 is 2.05 bits per heavy atom. The van der Waals surface area contributed by atoms with Crippen molar-refractivity contribution < 1.29 is 4.42 Å². The zero-order chi connectivity index (χ0) is 25.2. The molecule has 178 valence electrons. The highest BCUT2D eigenvalue weighted by atomic mass is 16.3. The molecule has 0 saturated heterocycles. The lowest BCUT2D eigenvalue weighted by molar-refractivity contribution is 0.669. The highest BCUT2D eigenvalue weighted by molar-refractivity contribution is 6.21. The van der Waals surface area contributed by atoms with E-state index in [-0.39, 0.29) is 0 Å². The maximum absolute atomic E-state index is 6.36. The first kappa shape index (κ1) is 21.2. The molecule has 0 N–H and O–H groups in total. The molecule has 0 spiro atoms. The first-order valence-electron chi connectivity index (χ1n) is 13.1. The van der Waals surface area contributed by atoms with Crippen LogP contribution < -0.4 is 0 Å². The van der Waals surface area contributed by atoms with Crippen LogP contribution in [0.5, 0.6) is 0 Å². The van der Waals surface area contributed by atoms with E-state index in [4.69, 9.17) is 4.42 Å². The van der Waals surface area contributed by atoms with Crippen LogP contribution in [0.25, 0.3) is 76.5 Å². The molecule has 0 unspecified atom stereocenters. The number of hydrogen-bond acceptors (Lipinski definition) is 1. The van der Waals surface area contributed by atoms with E-state index in [1.807, 2.05) is 0 Å². The van der Waals surface area contributed by atoms with Crippen molar-refractivity contribution in [2.45, 2.75) is 6.92 Å². The summed E-state index contributed by atoms with van der Waals surface area (Å²) in [6.45, 7) is 2.17. The summed E-state index contributed by atoms with van der Waals surface area (Å²) in [4.78, 5) is 0. The summed E-state index contributed by atoms with van der Waals surface area (Å²) < 4.78 is 6.36. The van der Waals surface area contributed by atoms with E-state index in [2.05, 4.69) is 134 Å². The molecule has 0 fully saturated rings. The molecule has 0 aliphatic carbocycles. The third kappa shape index (κ3) is 3.06. The van der Waals surface area contributed by atoms with Gasteiger partial charge in [-0.1, -0.05) is 103 Å². The van der Waals surface area contributed by atoms with E-state index >= 15 is 0 Å². The topological polar surface area (TPSA) is 13.1 Å². The molecule has 1 heteroatoms. The van der Waals surface area contributed by atoms with E-state index in [0.717, 1.165) is 16.6 Å². The predicted octanol–water partition coefficient (Wildman–Crippen LogP) is 10.7. The first-order chi connectivity index (χ1) is 18.8. The molecule has 0 amide bonds. The summed E-state index contributed by atoms with van der Waals surface area (Å²) in [5.74, 6) is 0. The van der Waals surface area contributed by atoms with E-state index in [9.17, 15) is 0 Å². The van der Waals surface area contributed by atoms with Crippen molar-refractivity contribution in [2.24, 2.45) is 0 Å². The van der Waals surface area contributed by atoms with Gasteiger partial charge in [0.15, 0.2) is 0 Å². The standard InChI is InChI=1S/C37H24O/c1-23-9-2-4-11-26(23)31-15-8-16-36-37(31)34-21-25(18-20-35(34)38-36)32-22-33-27-12-5-3-10-24(27)17-19-30(33)28-13-6-7-14-29(28)32/h2-22H,1H3. The van der Waals surface area contributed by atoms with Crippen molar-refractivity contribution in [2.75, 3.05) is 0 Å². The van der Waals surface area contributed by atoms with Gasteiger partial charge in [0, 0.05) is 10.8 Å². The summed E-state index contributed by atoms with van der Waals surface area (Å²) >= 11 is 0. The Hall–Kier alpha value is -4.88. The minimum atomic E-state index is 0.917. The highest BCUT2D eigenvalue weighted by Crippen LogP contribution is 2.42. The molecule has 0 saturated carbocycles. The lowest BCUT2D eigenvalue weighted by atomic mass is 9.90. The molecule has 1 heterocycles. The van der Waals surface area contributed by atoms with Crippen LogP contribution in [0, 0.1) is 6.92 Å². The van der Waals surface area contributed by atoms with Crippen LogP contribution >= 0.6 is 0 Å². The fourth-order valence-electron chi connectivity index (χ4n) is 6.19. The quantitative estimate of drug-likeness (QED) is 0.222. The van der Waals surface area contributed by atoms with Gasteiger partial charge < -0.3 is 4.42 Å². The molecule has 0 aliphatic heterocycles. The number of rotatable bonds is 2. The van der Waals surface area contributed by atoms with E-state index in [1.165, 1.54) is 65.5 Å². The predicted molar refractivity (Wildman–Crippen MR) is 162 cm³/mol. The Morgan fingerprint density at radius 1 is 0.421 bits per heavy atom. The van der Waals surface area contributed by atoms with Crippen LogP contribution in [0.3, 0.4) is 0 Å². The third-order valence-electron chi connectivity index (χ3n) is 8.01. The van der Waals surface area contributed by atoms with Gasteiger partial charge in [-0.05, 0) is 91.3 Å². The fraction of sp³-hybridized carbons (Fsp3) is 0.0270. The Morgan fingerprint density at radius 2 is 1.16 bits per heavy atom. The first-order valence-corrected chi connectivity index (χ1v) is 13.1. The lowest BCUT2D eigenvalue weighted by Gasteiger charge is -2.13. The Labute approximate surface area is 220 Å². The fourth-order valence-corrected chi connectivity index (χ4v) is 6.19. The van der Waals surface area contributed by atoms with Gasteiger partial charge >= 0.3 is 0 Å². The summed E-state index contributed by atoms with van der Waals surface area (Å²) in [5, 5.41) is 10.0. The van der Waals surface area contributed by atoms with Crippen LogP contribution in [-0.2, 0) is 0 Å². The number of benzene rings is 7. The van der Waals surface area contributed by atoms with Crippen molar-refractivity contribution in [3.05, 3.63) is 133 Å². The van der Waals surface area contributed by atoms with Gasteiger partial charge in [0.1, 0.15) is 11.2 Å². The lowest BCUT2D eigenvalue weighted by Crippen LogP contribution is -1.87. The van der Waals surface area contributed by atoms with Crippen molar-refractivity contribution >= 4 is 54.3 Å². The van der Waals surface area contributed by atoms with Crippen molar-refractivity contribution in [1.29, 1.82) is 0 Å². The molecule has 8 aromatic rings.